The number of anilines is 3. The molecule has 0 bridgehead atoms. The number of methoxy groups -OCH3 is 1. The Balaban J connectivity index is 1.56. The number of hydrogen-bond acceptors (Lipinski definition) is 9. The molecule has 4 rings (SSSR count). The number of nitrogens with zero attached hydrogens (tertiary/aromatic N) is 4. The van der Waals surface area contributed by atoms with Gasteiger partial charge in [-0.25, -0.2) is 18.4 Å². The molecule has 2 N–H and O–H groups in total. The molecule has 0 radical (unpaired) electrons. The molecule has 1 saturated carbocycles. The second kappa shape index (κ2) is 8.40. The second-order valence-electron chi connectivity index (χ2n) is 8.32. The summed E-state index contributed by atoms with van der Waals surface area (Å²) in [6, 6.07) is 2.01. The van der Waals surface area contributed by atoms with Crippen molar-refractivity contribution in [3.8, 4) is 5.88 Å². The van der Waals surface area contributed by atoms with Crippen LogP contribution in [0.3, 0.4) is 0 Å². The summed E-state index contributed by atoms with van der Waals surface area (Å²) >= 11 is 6.27. The normalized spacial score (nSPS) is 18.1. The average molecular weight is 467 g/mol. The van der Waals surface area contributed by atoms with Crippen LogP contribution in [0.2, 0.25) is 5.02 Å². The van der Waals surface area contributed by atoms with Crippen LogP contribution < -0.4 is 15.4 Å². The van der Waals surface area contributed by atoms with Crippen LogP contribution in [0, 0.1) is 0 Å². The van der Waals surface area contributed by atoms with Crippen LogP contribution in [-0.2, 0) is 22.8 Å². The number of halogens is 1. The van der Waals surface area contributed by atoms with Crippen molar-refractivity contribution in [1.82, 2.24) is 19.9 Å². The van der Waals surface area contributed by atoms with E-state index in [1.54, 1.807) is 7.11 Å². The van der Waals surface area contributed by atoms with Crippen LogP contribution in [0.4, 0.5) is 17.5 Å². The standard InChI is InChI=1S/C20H27ClN6O3S/c1-27-8-5-15-13(11-27)9-16(18(24-15)30-2)25-19-22-10-14(21)17(26-19)23-12-20(6-4-7-20)31(3,28)29/h9-10H,4-8,11-12H2,1-3H3,(H2,22,23,25,26). The van der Waals surface area contributed by atoms with E-state index in [1.807, 2.05) is 6.07 Å². The molecule has 0 saturated heterocycles. The van der Waals surface area contributed by atoms with Crippen molar-refractivity contribution in [2.45, 2.75) is 37.0 Å². The average Bonchev–Trinajstić information content (AvgIpc) is 2.67. The lowest BCUT2D eigenvalue weighted by Gasteiger charge is -2.40. The lowest BCUT2D eigenvalue weighted by molar-refractivity contribution is 0.307. The van der Waals surface area contributed by atoms with Crippen LogP contribution in [0.1, 0.15) is 30.5 Å². The van der Waals surface area contributed by atoms with Crippen LogP contribution in [0.5, 0.6) is 5.88 Å². The highest BCUT2D eigenvalue weighted by Gasteiger charge is 2.46. The molecule has 2 aromatic heterocycles. The third-order valence-corrected chi connectivity index (χ3v) is 8.54. The number of sulfone groups is 1. The minimum atomic E-state index is -3.19. The Labute approximate surface area is 187 Å². The van der Waals surface area contributed by atoms with Gasteiger partial charge in [-0.3, -0.25) is 0 Å². The molecule has 31 heavy (non-hydrogen) atoms. The topological polar surface area (TPSA) is 109 Å². The third-order valence-electron chi connectivity index (χ3n) is 6.14. The first-order chi connectivity index (χ1) is 14.7. The summed E-state index contributed by atoms with van der Waals surface area (Å²) in [7, 11) is 0.467. The van der Waals surface area contributed by atoms with Gasteiger partial charge in [0.25, 0.3) is 0 Å². The van der Waals surface area contributed by atoms with E-state index >= 15 is 0 Å². The highest BCUT2D eigenvalue weighted by atomic mass is 35.5. The van der Waals surface area contributed by atoms with E-state index in [0.717, 1.165) is 37.2 Å². The van der Waals surface area contributed by atoms with E-state index in [-0.39, 0.29) is 6.54 Å². The monoisotopic (exact) mass is 466 g/mol. The van der Waals surface area contributed by atoms with Gasteiger partial charge < -0.3 is 20.3 Å². The van der Waals surface area contributed by atoms with Crippen molar-refractivity contribution in [2.24, 2.45) is 0 Å². The molecule has 9 nitrogen and oxygen atoms in total. The zero-order valence-corrected chi connectivity index (χ0v) is 19.5. The Bertz CT molecular complexity index is 1090. The zero-order valence-electron chi connectivity index (χ0n) is 17.9. The summed E-state index contributed by atoms with van der Waals surface area (Å²) in [6.07, 6.45) is 5.82. The molecule has 2 aliphatic rings. The molecule has 3 heterocycles. The molecule has 0 amide bonds. The van der Waals surface area contributed by atoms with Gasteiger partial charge in [-0.1, -0.05) is 18.0 Å². The lowest BCUT2D eigenvalue weighted by Crippen LogP contribution is -2.50. The maximum atomic E-state index is 12.2. The fourth-order valence-corrected chi connectivity index (χ4v) is 5.53. The number of likely N-dealkylation sites (N-methyl/N-ethyl adjacent to an activating group) is 1. The summed E-state index contributed by atoms with van der Waals surface area (Å²) in [5.41, 5.74) is 2.83. The van der Waals surface area contributed by atoms with E-state index in [4.69, 9.17) is 16.3 Å². The first kappa shape index (κ1) is 22.0. The molecule has 0 spiro atoms. The predicted octanol–water partition coefficient (Wildman–Crippen LogP) is 2.64. The van der Waals surface area contributed by atoms with E-state index < -0.39 is 14.6 Å². The van der Waals surface area contributed by atoms with Crippen molar-refractivity contribution < 1.29 is 13.2 Å². The summed E-state index contributed by atoms with van der Waals surface area (Å²) in [6.45, 7) is 2.03. The zero-order chi connectivity index (χ0) is 22.2. The Hall–Kier alpha value is -2.17. The molecule has 0 atom stereocenters. The Kier molecular flexibility index (Phi) is 5.97. The SMILES string of the molecule is COc1nc2c(cc1Nc1ncc(Cl)c(NCC3(S(C)(=O)=O)CCC3)n1)CN(C)CC2. The summed E-state index contributed by atoms with van der Waals surface area (Å²) in [4.78, 5) is 15.6. The summed E-state index contributed by atoms with van der Waals surface area (Å²) in [5, 5.41) is 6.61. The maximum Gasteiger partial charge on any atom is 0.237 e. The Morgan fingerprint density at radius 3 is 2.74 bits per heavy atom. The minimum absolute atomic E-state index is 0.262. The van der Waals surface area contributed by atoms with E-state index in [1.165, 1.54) is 12.5 Å². The molecule has 168 valence electrons. The number of pyridine rings is 1. The number of aromatic nitrogens is 3. The molecule has 0 aromatic carbocycles. The number of rotatable bonds is 7. The van der Waals surface area contributed by atoms with Crippen LogP contribution in [0.15, 0.2) is 12.3 Å². The largest absolute Gasteiger partial charge is 0.480 e. The number of hydrogen-bond donors (Lipinski definition) is 2. The van der Waals surface area contributed by atoms with Crippen molar-refractivity contribution in [3.63, 3.8) is 0 Å². The maximum absolute atomic E-state index is 12.2. The van der Waals surface area contributed by atoms with Crippen LogP contribution >= 0.6 is 11.6 Å². The fraction of sp³-hybridized carbons (Fsp3) is 0.550. The van der Waals surface area contributed by atoms with Gasteiger partial charge >= 0.3 is 0 Å². The van der Waals surface area contributed by atoms with Crippen LogP contribution in [0.25, 0.3) is 0 Å². The first-order valence-corrected chi connectivity index (χ1v) is 12.5. The summed E-state index contributed by atoms with van der Waals surface area (Å²) < 4.78 is 29.1. The van der Waals surface area contributed by atoms with E-state index in [0.29, 0.717) is 41.2 Å². The lowest BCUT2D eigenvalue weighted by atomic mass is 9.84. The minimum Gasteiger partial charge on any atom is -0.480 e. The van der Waals surface area contributed by atoms with Gasteiger partial charge in [-0.15, -0.1) is 0 Å². The van der Waals surface area contributed by atoms with Crippen molar-refractivity contribution >= 4 is 38.9 Å². The highest BCUT2D eigenvalue weighted by Crippen LogP contribution is 2.39. The molecule has 11 heteroatoms. The fourth-order valence-electron chi connectivity index (χ4n) is 4.01. The third kappa shape index (κ3) is 4.42. The van der Waals surface area contributed by atoms with Crippen molar-refractivity contribution in [2.75, 3.05) is 44.1 Å². The van der Waals surface area contributed by atoms with Crippen LogP contribution in [-0.4, -0.2) is 66.5 Å². The van der Waals surface area contributed by atoms with Gasteiger partial charge in [0.1, 0.15) is 10.7 Å². The van der Waals surface area contributed by atoms with Crippen molar-refractivity contribution in [3.05, 3.63) is 28.5 Å². The number of ether oxygens (including phenoxy) is 1. The van der Waals surface area contributed by atoms with Gasteiger partial charge in [0.2, 0.25) is 11.8 Å². The van der Waals surface area contributed by atoms with Gasteiger partial charge in [-0.05, 0) is 31.5 Å². The van der Waals surface area contributed by atoms with Gasteiger partial charge in [0, 0.05) is 32.3 Å². The van der Waals surface area contributed by atoms with Gasteiger partial charge in [-0.2, -0.15) is 4.98 Å². The highest BCUT2D eigenvalue weighted by molar-refractivity contribution is 7.92. The van der Waals surface area contributed by atoms with E-state index in [9.17, 15) is 8.42 Å². The molecular formula is C20H27ClN6O3S. The van der Waals surface area contributed by atoms with Crippen molar-refractivity contribution in [1.29, 1.82) is 0 Å². The number of fused-ring (bicyclic) bond motifs is 1. The second-order valence-corrected chi connectivity index (χ2v) is 11.1. The molecule has 1 aliphatic carbocycles. The smallest absolute Gasteiger partial charge is 0.237 e. The van der Waals surface area contributed by atoms with Gasteiger partial charge in [0.15, 0.2) is 15.7 Å². The molecule has 2 aromatic rings. The number of nitrogens with one attached hydrogen (secondary N) is 2. The Morgan fingerprint density at radius 1 is 1.32 bits per heavy atom. The van der Waals surface area contributed by atoms with E-state index in [2.05, 4.69) is 37.5 Å². The Morgan fingerprint density at radius 2 is 2.10 bits per heavy atom. The van der Waals surface area contributed by atoms with Gasteiger partial charge in [0.05, 0.1) is 23.7 Å². The molecular weight excluding hydrogens is 440 g/mol. The molecule has 0 unspecified atom stereocenters. The quantitative estimate of drug-likeness (QED) is 0.636. The summed E-state index contributed by atoms with van der Waals surface area (Å²) in [5.74, 6) is 1.18. The molecule has 1 fully saturated rings. The molecule has 1 aliphatic heterocycles. The first-order valence-electron chi connectivity index (χ1n) is 10.2. The predicted molar refractivity (Wildman–Crippen MR) is 121 cm³/mol.